The molecule has 1 unspecified atom stereocenters. The molecule has 0 fully saturated rings. The first-order valence-corrected chi connectivity index (χ1v) is 15.8. The molecule has 6 aromatic rings. The maximum absolute atomic E-state index is 12.7. The van der Waals surface area contributed by atoms with E-state index in [1.54, 1.807) is 61.5 Å². The van der Waals surface area contributed by atoms with Crippen molar-refractivity contribution in [2.24, 2.45) is 0 Å². The molecule has 0 bridgehead atoms. The van der Waals surface area contributed by atoms with Gasteiger partial charge >= 0.3 is 0 Å². The number of hydrogen-bond acceptors (Lipinski definition) is 10. The SMILES string of the molecule is Cc1ccc(S(=O)(=O)n2ccc3nc(C(C)O)cnc32)cc1.Cc1ccc(S(=O)(=O)n2ccc3nc(C=O)cnc32)cc1. The van der Waals surface area contributed by atoms with E-state index in [4.69, 9.17) is 0 Å². The van der Waals surface area contributed by atoms with Gasteiger partial charge in [-0.15, -0.1) is 0 Å². The van der Waals surface area contributed by atoms with Crippen molar-refractivity contribution in [2.45, 2.75) is 36.7 Å². The lowest BCUT2D eigenvalue weighted by atomic mass is 10.2. The van der Waals surface area contributed by atoms with Crippen molar-refractivity contribution in [3.8, 4) is 0 Å². The number of nitrogens with zero attached hydrogens (tertiary/aromatic N) is 6. The van der Waals surface area contributed by atoms with Gasteiger partial charge in [0.1, 0.15) is 16.7 Å². The number of aryl methyl sites for hydroxylation is 2. The lowest BCUT2D eigenvalue weighted by Gasteiger charge is -2.08. The van der Waals surface area contributed by atoms with Crippen LogP contribution in [0.15, 0.2) is 95.2 Å². The first-order valence-electron chi connectivity index (χ1n) is 12.9. The van der Waals surface area contributed by atoms with Crippen molar-refractivity contribution in [1.29, 1.82) is 0 Å². The summed E-state index contributed by atoms with van der Waals surface area (Å²) in [7, 11) is -7.45. The minimum absolute atomic E-state index is 0.160. The van der Waals surface area contributed by atoms with Gasteiger partial charge in [-0.05, 0) is 57.2 Å². The van der Waals surface area contributed by atoms with Crippen LogP contribution in [0.1, 0.15) is 40.3 Å². The van der Waals surface area contributed by atoms with Gasteiger partial charge in [0.05, 0.1) is 34.0 Å². The Balaban J connectivity index is 0.000000171. The predicted octanol–water partition coefficient (Wildman–Crippen LogP) is 3.82. The summed E-state index contributed by atoms with van der Waals surface area (Å²) >= 11 is 0. The third kappa shape index (κ3) is 5.80. The molecule has 0 saturated heterocycles. The van der Waals surface area contributed by atoms with Crippen LogP contribution in [0, 0.1) is 13.8 Å². The van der Waals surface area contributed by atoms with Crippen molar-refractivity contribution < 1.29 is 26.7 Å². The van der Waals surface area contributed by atoms with E-state index in [0.29, 0.717) is 23.0 Å². The van der Waals surface area contributed by atoms with Crippen molar-refractivity contribution in [3.05, 3.63) is 108 Å². The van der Waals surface area contributed by atoms with E-state index in [1.165, 1.54) is 30.9 Å². The molecule has 6 rings (SSSR count). The minimum Gasteiger partial charge on any atom is -0.387 e. The van der Waals surface area contributed by atoms with Crippen molar-refractivity contribution >= 4 is 48.7 Å². The van der Waals surface area contributed by atoms with E-state index in [1.807, 2.05) is 13.8 Å². The molecule has 0 radical (unpaired) electrons. The summed E-state index contributed by atoms with van der Waals surface area (Å²) in [4.78, 5) is 27.4. The number of benzene rings is 2. The van der Waals surface area contributed by atoms with Crippen LogP contribution in [0.25, 0.3) is 22.3 Å². The molecule has 12 nitrogen and oxygen atoms in total. The Labute approximate surface area is 247 Å². The van der Waals surface area contributed by atoms with Crippen LogP contribution in [0.5, 0.6) is 0 Å². The Hall–Kier alpha value is -4.79. The van der Waals surface area contributed by atoms with Gasteiger partial charge < -0.3 is 5.11 Å². The number of carbonyl (C=O) groups is 1. The Morgan fingerprint density at radius 3 is 1.58 bits per heavy atom. The fraction of sp³-hybridized carbons (Fsp3) is 0.138. The Morgan fingerprint density at radius 2 is 1.14 bits per heavy atom. The van der Waals surface area contributed by atoms with Crippen LogP contribution in [-0.2, 0) is 20.0 Å². The molecular formula is C29H26N6O6S2. The van der Waals surface area contributed by atoms with Crippen LogP contribution < -0.4 is 0 Å². The van der Waals surface area contributed by atoms with Crippen LogP contribution in [0.3, 0.4) is 0 Å². The average molecular weight is 619 g/mol. The van der Waals surface area contributed by atoms with Crippen LogP contribution >= 0.6 is 0 Å². The van der Waals surface area contributed by atoms with Crippen LogP contribution in [0.4, 0.5) is 0 Å². The quantitative estimate of drug-likeness (QED) is 0.271. The zero-order chi connectivity index (χ0) is 30.9. The number of aldehydes is 1. The summed E-state index contributed by atoms with van der Waals surface area (Å²) < 4.78 is 52.7. The normalized spacial score (nSPS) is 12.6. The van der Waals surface area contributed by atoms with Gasteiger partial charge in [0.15, 0.2) is 17.6 Å². The maximum atomic E-state index is 12.7. The molecule has 4 heterocycles. The highest BCUT2D eigenvalue weighted by Gasteiger charge is 2.21. The highest BCUT2D eigenvalue weighted by Crippen LogP contribution is 2.22. The molecule has 0 aliphatic carbocycles. The molecule has 1 N–H and O–H groups in total. The fourth-order valence-electron chi connectivity index (χ4n) is 4.10. The summed E-state index contributed by atoms with van der Waals surface area (Å²) in [6.07, 6.45) is 5.25. The molecular weight excluding hydrogens is 592 g/mol. The molecule has 0 amide bonds. The van der Waals surface area contributed by atoms with Crippen molar-refractivity contribution in [1.82, 2.24) is 27.9 Å². The van der Waals surface area contributed by atoms with E-state index in [0.717, 1.165) is 19.1 Å². The zero-order valence-corrected chi connectivity index (χ0v) is 24.9. The van der Waals surface area contributed by atoms with Gasteiger partial charge in [-0.3, -0.25) is 4.79 Å². The molecule has 0 aliphatic heterocycles. The first-order chi connectivity index (χ1) is 20.4. The smallest absolute Gasteiger partial charge is 0.269 e. The van der Waals surface area contributed by atoms with Gasteiger partial charge in [-0.2, -0.15) is 0 Å². The first kappa shape index (κ1) is 29.7. The summed E-state index contributed by atoms with van der Waals surface area (Å²) in [5.74, 6) is 0. The standard InChI is InChI=1S/C15H15N3O3S.C14H11N3O3S/c1-10-3-5-12(6-4-10)22(20,21)18-8-7-13-15(18)16-9-14(17-13)11(2)19;1-10-2-4-12(5-3-10)21(19,20)17-7-6-13-14(17)15-8-11(9-18)16-13/h3-9,11,19H,1-2H3;2-9H,1H3. The molecule has 220 valence electrons. The zero-order valence-electron chi connectivity index (χ0n) is 23.2. The number of carbonyl (C=O) groups excluding carboxylic acids is 1. The number of rotatable bonds is 6. The Kier molecular flexibility index (Phi) is 7.92. The second-order valence-electron chi connectivity index (χ2n) is 9.66. The molecule has 14 heteroatoms. The van der Waals surface area contributed by atoms with E-state index < -0.39 is 26.2 Å². The van der Waals surface area contributed by atoms with E-state index in [2.05, 4.69) is 19.9 Å². The molecule has 43 heavy (non-hydrogen) atoms. The van der Waals surface area contributed by atoms with Crippen molar-refractivity contribution in [3.63, 3.8) is 0 Å². The van der Waals surface area contributed by atoms with E-state index in [9.17, 15) is 26.7 Å². The van der Waals surface area contributed by atoms with Gasteiger partial charge in [0.25, 0.3) is 20.0 Å². The van der Waals surface area contributed by atoms with Gasteiger partial charge in [0.2, 0.25) is 0 Å². The second-order valence-corrected chi connectivity index (χ2v) is 13.3. The number of aliphatic hydroxyl groups is 1. The molecule has 0 spiro atoms. The third-order valence-electron chi connectivity index (χ3n) is 6.45. The summed E-state index contributed by atoms with van der Waals surface area (Å²) in [5, 5.41) is 9.53. The highest BCUT2D eigenvalue weighted by atomic mass is 32.2. The summed E-state index contributed by atoms with van der Waals surface area (Å²) in [6, 6.07) is 16.3. The van der Waals surface area contributed by atoms with Crippen molar-refractivity contribution in [2.75, 3.05) is 0 Å². The monoisotopic (exact) mass is 618 g/mol. The molecule has 0 aliphatic rings. The number of hydrogen-bond donors (Lipinski definition) is 1. The van der Waals surface area contributed by atoms with Gasteiger partial charge in [0, 0.05) is 12.4 Å². The number of aliphatic hydroxyl groups excluding tert-OH is 1. The van der Waals surface area contributed by atoms with E-state index >= 15 is 0 Å². The topological polar surface area (TPSA) is 167 Å². The van der Waals surface area contributed by atoms with E-state index in [-0.39, 0.29) is 26.8 Å². The lowest BCUT2D eigenvalue weighted by molar-refractivity contribution is 0.111. The predicted molar refractivity (Wildman–Crippen MR) is 159 cm³/mol. The van der Waals surface area contributed by atoms with Crippen LogP contribution in [0.2, 0.25) is 0 Å². The average Bonchev–Trinajstić information content (AvgIpc) is 3.62. The van der Waals surface area contributed by atoms with Gasteiger partial charge in [-0.1, -0.05) is 35.4 Å². The maximum Gasteiger partial charge on any atom is 0.269 e. The molecule has 1 atom stereocenters. The number of fused-ring (bicyclic) bond motifs is 2. The Bertz CT molecular complexity index is 2170. The lowest BCUT2D eigenvalue weighted by Crippen LogP contribution is -2.12. The van der Waals surface area contributed by atoms with Gasteiger partial charge in [-0.25, -0.2) is 44.7 Å². The molecule has 4 aromatic heterocycles. The second kappa shape index (κ2) is 11.5. The largest absolute Gasteiger partial charge is 0.387 e. The Morgan fingerprint density at radius 1 is 0.698 bits per heavy atom. The minimum atomic E-state index is -3.73. The number of aromatic nitrogens is 6. The summed E-state index contributed by atoms with van der Waals surface area (Å²) in [6.45, 7) is 5.36. The van der Waals surface area contributed by atoms with Crippen LogP contribution in [-0.4, -0.2) is 56.1 Å². The summed E-state index contributed by atoms with van der Waals surface area (Å²) in [5.41, 5.74) is 3.74. The molecule has 0 saturated carbocycles. The third-order valence-corrected chi connectivity index (χ3v) is 9.81. The highest BCUT2D eigenvalue weighted by molar-refractivity contribution is 7.90. The molecule has 2 aromatic carbocycles. The fourth-order valence-corrected chi connectivity index (χ4v) is 6.69.